The minimum Gasteiger partial charge on any atom is -0.369 e. The van der Waals surface area contributed by atoms with Crippen LogP contribution < -0.4 is 29.4 Å². The normalized spacial score (nSPS) is 15.3. The zero-order valence-corrected chi connectivity index (χ0v) is 84.3. The summed E-state index contributed by atoms with van der Waals surface area (Å²) in [6, 6.07) is 35.3. The van der Waals surface area contributed by atoms with Crippen LogP contribution >= 0.6 is 127 Å². The SMILES string of the molecule is O=[N+]([O-])c1ccc(N(CCBr)CCBr)c(S(=O)(=O)N2CCN(Cc3ccccn3)CC2)c1.O=[N+]([O-])c1ccc(N(CCBr)CCBr)c(S(=O)(=O)N2CCN(Cc3cccnc3)CC2)c1.O=[N+]([O-])c1ccc(N(CCBr)CCBr)c(S(=O)(=O)N2CCN(c3ccccn3)CC2)c1.O=[N+]([O-])c1ccc(N(CCBr)CCBr)c(S(=O)(=O)N2CCN(c3cccnc3)CC2)c1. The number of nitrogens with zero attached hydrogens (tertiary/aromatic N) is 20. The molecule has 4 aliphatic heterocycles. The Hall–Kier alpha value is -6.72. The zero-order valence-electron chi connectivity index (χ0n) is 68.3. The van der Waals surface area contributed by atoms with Gasteiger partial charge in [-0.05, 0) is 72.3 Å². The van der Waals surface area contributed by atoms with Crippen LogP contribution in [0.25, 0.3) is 0 Å². The lowest BCUT2D eigenvalue weighted by atomic mass is 10.2. The first-order valence-corrected chi connectivity index (χ1v) is 54.4. The molecule has 4 fully saturated rings. The van der Waals surface area contributed by atoms with Crippen molar-refractivity contribution >= 4 is 225 Å². The van der Waals surface area contributed by atoms with Crippen LogP contribution in [0.15, 0.2) is 190 Å². The van der Waals surface area contributed by atoms with Gasteiger partial charge in [0.2, 0.25) is 40.1 Å². The Morgan fingerprint density at radius 1 is 0.317 bits per heavy atom. The smallest absolute Gasteiger partial charge is 0.270 e. The molecule has 0 atom stereocenters. The number of rotatable bonds is 38. The van der Waals surface area contributed by atoms with Gasteiger partial charge in [-0.1, -0.05) is 146 Å². The van der Waals surface area contributed by atoms with E-state index in [9.17, 15) is 74.1 Å². The summed E-state index contributed by atoms with van der Waals surface area (Å²) in [6.45, 7) is 12.6. The molecule has 0 unspecified atom stereocenters. The zero-order chi connectivity index (χ0) is 91.1. The summed E-state index contributed by atoms with van der Waals surface area (Å²) < 4.78 is 114. The van der Waals surface area contributed by atoms with E-state index in [0.29, 0.717) is 209 Å². The summed E-state index contributed by atoms with van der Waals surface area (Å²) in [7, 11) is -15.7. The molecule has 36 nitrogen and oxygen atoms in total. The Morgan fingerprint density at radius 2 is 0.619 bits per heavy atom. The highest BCUT2D eigenvalue weighted by Gasteiger charge is 2.39. The molecule has 8 aromatic rings. The highest BCUT2D eigenvalue weighted by Crippen LogP contribution is 2.38. The number of nitro groups is 4. The summed E-state index contributed by atoms with van der Waals surface area (Å²) in [5.41, 5.74) is 3.89. The quantitative estimate of drug-likeness (QED) is 0.0197. The molecule has 0 amide bonds. The molecule has 4 aromatic heterocycles. The largest absolute Gasteiger partial charge is 0.369 e. The number of sulfonamides is 4. The van der Waals surface area contributed by atoms with E-state index in [2.05, 4.69) is 162 Å². The van der Waals surface area contributed by atoms with Gasteiger partial charge >= 0.3 is 0 Å². The molecule has 0 spiro atoms. The molecule has 4 aromatic carbocycles. The summed E-state index contributed by atoms with van der Waals surface area (Å²) >= 11 is 27.2. The minimum atomic E-state index is -3.93. The van der Waals surface area contributed by atoms with Gasteiger partial charge in [0.05, 0.1) is 60.0 Å². The molecular formula is C78H96Br8N20O16S4. The number of halogens is 8. The first-order valence-electron chi connectivity index (χ1n) is 39.7. The predicted octanol–water partition coefficient (Wildman–Crippen LogP) is 12.4. The highest BCUT2D eigenvalue weighted by atomic mass is 79.9. The van der Waals surface area contributed by atoms with E-state index in [0.717, 1.165) is 22.8 Å². The van der Waals surface area contributed by atoms with E-state index in [4.69, 9.17) is 0 Å². The first kappa shape index (κ1) is 103. The van der Waals surface area contributed by atoms with Crippen LogP contribution in [0.3, 0.4) is 0 Å². The summed E-state index contributed by atoms with van der Waals surface area (Å²) in [6.07, 6.45) is 10.4. The van der Waals surface area contributed by atoms with Gasteiger partial charge in [-0.25, -0.2) is 38.7 Å². The van der Waals surface area contributed by atoms with E-state index < -0.39 is 59.8 Å². The third-order valence-corrected chi connectivity index (χ3v) is 31.2. The number of hydrogen-bond acceptors (Lipinski definition) is 28. The molecule has 126 heavy (non-hydrogen) atoms. The standard InChI is InChI=1S/2C20H25Br2N5O4S.2C19H23Br2N5O4S/c21-5-8-25(9-6-22)19-4-3-18(27(28)29)14-20(19)32(30,31)26-12-10-24(11-13-26)16-17-2-1-7-23-15-17;21-6-9-25(10-7-22)19-5-4-18(27(28)29)15-20(19)32(30,31)26-13-11-24(12-14-26)16-17-3-1-2-8-23-17;20-5-8-24(9-6-21)18-4-3-16(26(27)28)14-19(18)31(29,30)25-12-10-23(11-13-25)17-2-1-7-22-15-17;20-6-9-23(10-7-21)17-5-4-16(26(27)28)15-18(17)31(29,30)25-13-11-24(12-14-25)19-3-1-2-8-22-19/h1-4,7,14-15H,5-6,8-13,16H2;1-5,8,15H,6-7,9-14,16H2;1-4,7,14-15H,5-6,8-13H2;1-5,8,15H,6-7,9-14H2. The predicted molar refractivity (Wildman–Crippen MR) is 519 cm³/mol. The van der Waals surface area contributed by atoms with Gasteiger partial charge in [-0.2, -0.15) is 17.2 Å². The molecule has 0 aliphatic carbocycles. The van der Waals surface area contributed by atoms with Gasteiger partial charge in [-0.15, -0.1) is 0 Å². The van der Waals surface area contributed by atoms with E-state index >= 15 is 0 Å². The molecular weight excluding hydrogens is 2240 g/mol. The number of benzene rings is 4. The van der Waals surface area contributed by atoms with Crippen molar-refractivity contribution in [3.63, 3.8) is 0 Å². The Morgan fingerprint density at radius 3 is 0.897 bits per heavy atom. The number of anilines is 6. The van der Waals surface area contributed by atoms with Gasteiger partial charge in [0.25, 0.3) is 22.7 Å². The number of piperazine rings is 4. The van der Waals surface area contributed by atoms with Gasteiger partial charge < -0.3 is 29.4 Å². The van der Waals surface area contributed by atoms with Crippen molar-refractivity contribution in [2.24, 2.45) is 0 Å². The highest BCUT2D eigenvalue weighted by molar-refractivity contribution is 9.10. The van der Waals surface area contributed by atoms with Gasteiger partial charge in [-0.3, -0.25) is 65.2 Å². The third-order valence-electron chi connectivity index (χ3n) is 20.7. The summed E-state index contributed by atoms with van der Waals surface area (Å²) in [5, 5.41) is 50.5. The lowest BCUT2D eigenvalue weighted by Gasteiger charge is -2.36. The van der Waals surface area contributed by atoms with E-state index in [1.54, 1.807) is 37.2 Å². The Balaban J connectivity index is 0.000000190. The monoisotopic (exact) mass is 2330 g/mol. The Bertz CT molecular complexity index is 5000. The molecule has 48 heteroatoms. The van der Waals surface area contributed by atoms with Crippen LogP contribution in [0.1, 0.15) is 11.3 Å². The topological polar surface area (TPSA) is 400 Å². The average molecular weight is 2340 g/mol. The van der Waals surface area contributed by atoms with Crippen molar-refractivity contribution in [1.82, 2.24) is 47.0 Å². The molecule has 0 bridgehead atoms. The van der Waals surface area contributed by atoms with Crippen molar-refractivity contribution < 1.29 is 53.4 Å². The fourth-order valence-corrected chi connectivity index (χ4v) is 24.3. The fourth-order valence-electron chi connectivity index (χ4n) is 14.3. The molecule has 0 N–H and O–H groups in total. The maximum atomic E-state index is 13.6. The average Bonchev–Trinajstić information content (AvgIpc) is 0.782. The number of alkyl halides is 8. The summed E-state index contributed by atoms with van der Waals surface area (Å²) in [5.74, 6) is 0.802. The lowest BCUT2D eigenvalue weighted by Crippen LogP contribution is -2.49. The van der Waals surface area contributed by atoms with Crippen molar-refractivity contribution in [2.75, 3.05) is 229 Å². The van der Waals surface area contributed by atoms with Gasteiger partial charge in [0.1, 0.15) is 25.4 Å². The van der Waals surface area contributed by atoms with Crippen molar-refractivity contribution in [1.29, 1.82) is 0 Å². The lowest BCUT2D eigenvalue weighted by molar-refractivity contribution is -0.385. The van der Waals surface area contributed by atoms with Gasteiger partial charge in [0, 0.05) is 292 Å². The minimum absolute atomic E-state index is 0.0192. The van der Waals surface area contributed by atoms with Gasteiger partial charge in [0.15, 0.2) is 0 Å². The van der Waals surface area contributed by atoms with Crippen LogP contribution in [-0.4, -0.2) is 300 Å². The number of aromatic nitrogens is 4. The molecule has 0 radical (unpaired) electrons. The molecule has 4 saturated heterocycles. The third kappa shape index (κ3) is 28.2. The van der Waals surface area contributed by atoms with E-state index in [1.807, 2.05) is 85.2 Å². The molecule has 8 heterocycles. The molecule has 0 saturated carbocycles. The number of nitro benzene ring substituents is 4. The Labute approximate surface area is 801 Å². The maximum Gasteiger partial charge on any atom is 0.270 e. The van der Waals surface area contributed by atoms with Crippen molar-refractivity contribution in [3.05, 3.63) is 222 Å². The van der Waals surface area contributed by atoms with Crippen LogP contribution in [-0.2, 0) is 53.2 Å². The van der Waals surface area contributed by atoms with E-state index in [1.165, 1.54) is 90.0 Å². The molecule has 684 valence electrons. The maximum absolute atomic E-state index is 13.6. The van der Waals surface area contributed by atoms with Crippen LogP contribution in [0, 0.1) is 40.5 Å². The van der Waals surface area contributed by atoms with E-state index in [-0.39, 0.29) is 68.5 Å². The second-order valence-electron chi connectivity index (χ2n) is 28.3. The first-order chi connectivity index (χ1) is 60.5. The fraction of sp³-hybridized carbons (Fsp3) is 0.436. The number of non-ortho nitro benzene ring substituents is 4. The van der Waals surface area contributed by atoms with Crippen molar-refractivity contribution in [2.45, 2.75) is 32.7 Å². The van der Waals surface area contributed by atoms with Crippen LogP contribution in [0.4, 0.5) is 57.0 Å². The number of pyridine rings is 4. The molecule has 4 aliphatic rings. The summed E-state index contributed by atoms with van der Waals surface area (Å²) in [4.78, 5) is 76.0. The molecule has 12 rings (SSSR count). The second-order valence-corrected chi connectivity index (χ2v) is 42.3. The number of hydrogen-bond donors (Lipinski definition) is 0. The van der Waals surface area contributed by atoms with Crippen LogP contribution in [0.2, 0.25) is 0 Å². The second kappa shape index (κ2) is 50.6. The van der Waals surface area contributed by atoms with Crippen molar-refractivity contribution in [3.8, 4) is 0 Å². The van der Waals surface area contributed by atoms with Crippen LogP contribution in [0.5, 0.6) is 0 Å². The Kier molecular flexibility index (Phi) is 41.4.